The van der Waals surface area contributed by atoms with Crippen LogP contribution in [0.3, 0.4) is 0 Å². The monoisotopic (exact) mass is 610 g/mol. The number of aromatic nitrogens is 2. The summed E-state index contributed by atoms with van der Waals surface area (Å²) in [6, 6.07) is 8.42. The van der Waals surface area contributed by atoms with E-state index in [0.29, 0.717) is 37.9 Å². The fraction of sp³-hybridized carbons (Fsp3) is 0.370. The van der Waals surface area contributed by atoms with E-state index in [2.05, 4.69) is 20.6 Å². The molecule has 0 bridgehead atoms. The minimum Gasteiger partial charge on any atom is -0.338 e. The van der Waals surface area contributed by atoms with Crippen LogP contribution in [0.5, 0.6) is 0 Å². The van der Waals surface area contributed by atoms with Crippen molar-refractivity contribution in [2.45, 2.75) is 50.1 Å². The minimum absolute atomic E-state index is 0.102. The van der Waals surface area contributed by atoms with Gasteiger partial charge in [-0.25, -0.2) is 4.98 Å². The summed E-state index contributed by atoms with van der Waals surface area (Å²) in [5.41, 5.74) is 2.17. The van der Waals surface area contributed by atoms with Gasteiger partial charge in [0.05, 0.1) is 11.0 Å². The van der Waals surface area contributed by atoms with E-state index < -0.39 is 48.1 Å². The third-order valence-electron chi connectivity index (χ3n) is 7.29. The zero-order valence-electron chi connectivity index (χ0n) is 22.2. The normalized spacial score (nSPS) is 19.1. The molecule has 3 heterocycles. The molecule has 2 fully saturated rings. The van der Waals surface area contributed by atoms with Crippen LogP contribution in [0.25, 0.3) is 22.4 Å². The lowest BCUT2D eigenvalue weighted by Gasteiger charge is -2.24. The van der Waals surface area contributed by atoms with Gasteiger partial charge in [-0.1, -0.05) is 0 Å². The van der Waals surface area contributed by atoms with Crippen LogP contribution in [-0.4, -0.2) is 80.9 Å². The predicted molar refractivity (Wildman–Crippen MR) is 140 cm³/mol. The number of hydrogen-bond acceptors (Lipinski definition) is 5. The Morgan fingerprint density at radius 2 is 1.23 bits per heavy atom. The maximum absolute atomic E-state index is 12.9. The molecule has 16 heteroatoms. The number of benzene rings is 2. The van der Waals surface area contributed by atoms with Crippen LogP contribution in [0.4, 0.5) is 37.7 Å². The first kappa shape index (κ1) is 29.8. The highest BCUT2D eigenvalue weighted by molar-refractivity contribution is 6.00. The molecule has 2 aliphatic rings. The highest BCUT2D eigenvalue weighted by Crippen LogP contribution is 2.29. The number of amides is 4. The quantitative estimate of drug-likeness (QED) is 0.373. The average molecular weight is 611 g/mol. The molecule has 5 rings (SSSR count). The molecule has 0 aliphatic carbocycles. The first-order valence-corrected chi connectivity index (χ1v) is 13.2. The molecule has 2 saturated heterocycles. The van der Waals surface area contributed by atoms with Crippen molar-refractivity contribution >= 4 is 46.0 Å². The van der Waals surface area contributed by atoms with E-state index in [1.807, 2.05) is 0 Å². The van der Waals surface area contributed by atoms with E-state index in [4.69, 9.17) is 0 Å². The number of hydrogen-bond donors (Lipinski definition) is 3. The maximum atomic E-state index is 12.9. The highest BCUT2D eigenvalue weighted by atomic mass is 19.4. The second-order valence-corrected chi connectivity index (χ2v) is 10.2. The fourth-order valence-electron chi connectivity index (χ4n) is 5.28. The Bertz CT molecular complexity index is 1570. The Labute approximate surface area is 239 Å². The van der Waals surface area contributed by atoms with Crippen LogP contribution >= 0.6 is 0 Å². The van der Waals surface area contributed by atoms with Crippen LogP contribution in [0, 0.1) is 0 Å². The summed E-state index contributed by atoms with van der Waals surface area (Å²) in [5.74, 6) is -5.17. The number of rotatable bonds is 5. The van der Waals surface area contributed by atoms with E-state index in [1.165, 1.54) is 18.2 Å². The van der Waals surface area contributed by atoms with Gasteiger partial charge in [0, 0.05) is 30.0 Å². The molecule has 2 aliphatic heterocycles. The summed E-state index contributed by atoms with van der Waals surface area (Å²) >= 11 is 0. The van der Waals surface area contributed by atoms with Crippen molar-refractivity contribution in [2.75, 3.05) is 23.7 Å². The summed E-state index contributed by atoms with van der Waals surface area (Å²) in [5, 5.41) is 5.09. The number of imidazole rings is 1. The number of nitrogens with zero attached hydrogens (tertiary/aromatic N) is 3. The van der Waals surface area contributed by atoms with Crippen LogP contribution in [0.1, 0.15) is 25.7 Å². The van der Waals surface area contributed by atoms with Crippen LogP contribution in [0.2, 0.25) is 0 Å². The molecule has 3 N–H and O–H groups in total. The molecule has 1 aromatic heterocycles. The Kier molecular flexibility index (Phi) is 7.79. The summed E-state index contributed by atoms with van der Waals surface area (Å²) < 4.78 is 77.3. The van der Waals surface area contributed by atoms with Gasteiger partial charge >= 0.3 is 24.2 Å². The van der Waals surface area contributed by atoms with E-state index in [0.717, 1.165) is 0 Å². The van der Waals surface area contributed by atoms with Gasteiger partial charge < -0.3 is 25.4 Å². The van der Waals surface area contributed by atoms with E-state index in [-0.39, 0.29) is 44.5 Å². The summed E-state index contributed by atoms with van der Waals surface area (Å²) in [4.78, 5) is 57.3. The van der Waals surface area contributed by atoms with Crippen molar-refractivity contribution in [2.24, 2.45) is 0 Å². The summed E-state index contributed by atoms with van der Waals surface area (Å²) in [6.07, 6.45) is -9.40. The molecule has 3 aromatic rings. The number of carbonyl (C=O) groups excluding carboxylic acids is 4. The van der Waals surface area contributed by atoms with E-state index >= 15 is 0 Å². The molecular formula is C27H24F6N6O4. The average Bonchev–Trinajstić information content (AvgIpc) is 3.71. The van der Waals surface area contributed by atoms with Crippen molar-refractivity contribution in [1.29, 1.82) is 0 Å². The predicted octanol–water partition coefficient (Wildman–Crippen LogP) is 4.21. The van der Waals surface area contributed by atoms with Gasteiger partial charge in [0.2, 0.25) is 11.8 Å². The topological polar surface area (TPSA) is 128 Å². The third kappa shape index (κ3) is 6.27. The Morgan fingerprint density at radius 1 is 0.744 bits per heavy atom. The first-order chi connectivity index (χ1) is 20.2. The lowest BCUT2D eigenvalue weighted by Crippen LogP contribution is -2.48. The lowest BCUT2D eigenvalue weighted by atomic mass is 10.1. The minimum atomic E-state index is -5.08. The molecule has 4 amide bonds. The highest BCUT2D eigenvalue weighted by Gasteiger charge is 2.48. The smallest absolute Gasteiger partial charge is 0.338 e. The molecule has 2 aromatic carbocycles. The van der Waals surface area contributed by atoms with Gasteiger partial charge in [0.1, 0.15) is 17.9 Å². The number of halogens is 6. The number of aromatic amines is 1. The number of likely N-dealkylation sites (tertiary alicyclic amines) is 2. The van der Waals surface area contributed by atoms with E-state index in [9.17, 15) is 45.5 Å². The third-order valence-corrected chi connectivity index (χ3v) is 7.29. The van der Waals surface area contributed by atoms with Gasteiger partial charge in [0.25, 0.3) is 0 Å². The first-order valence-electron chi connectivity index (χ1n) is 13.2. The molecule has 0 radical (unpaired) electrons. The van der Waals surface area contributed by atoms with E-state index in [1.54, 1.807) is 24.3 Å². The van der Waals surface area contributed by atoms with Gasteiger partial charge in [-0.15, -0.1) is 0 Å². The Balaban J connectivity index is 1.24. The second-order valence-electron chi connectivity index (χ2n) is 10.2. The second kappa shape index (κ2) is 11.2. The molecule has 2 unspecified atom stereocenters. The lowest BCUT2D eigenvalue weighted by molar-refractivity contribution is -0.186. The Hall–Kier alpha value is -4.63. The van der Waals surface area contributed by atoms with Gasteiger partial charge in [-0.2, -0.15) is 26.3 Å². The van der Waals surface area contributed by atoms with Crippen LogP contribution in [0.15, 0.2) is 42.5 Å². The largest absolute Gasteiger partial charge is 0.471 e. The molecule has 0 spiro atoms. The van der Waals surface area contributed by atoms with Gasteiger partial charge in [-0.05, 0) is 68.1 Å². The molecule has 10 nitrogen and oxygen atoms in total. The number of H-pyrrole nitrogens is 1. The maximum Gasteiger partial charge on any atom is 0.471 e. The summed E-state index contributed by atoms with van der Waals surface area (Å²) in [7, 11) is 0. The molecule has 228 valence electrons. The van der Waals surface area contributed by atoms with Crippen LogP contribution < -0.4 is 10.6 Å². The Morgan fingerprint density at radius 3 is 1.74 bits per heavy atom. The van der Waals surface area contributed by atoms with Crippen molar-refractivity contribution in [1.82, 2.24) is 19.8 Å². The number of fused-ring (bicyclic) bond motifs is 1. The standard InChI is InChI=1S/C27H24F6N6O4/c28-26(29,30)24(42)38-11-1-3-19(38)22(40)34-15-7-5-14(6-8-15)21-36-17-10-9-16(13-18(17)37-21)35-23(41)20-4-2-12-39(20)25(43)27(31,32)33/h5-10,13,19-20H,1-4,11-12H2,(H,34,40)(H,35,41)(H,36,37). The number of anilines is 2. The van der Waals surface area contributed by atoms with Crippen molar-refractivity contribution < 1.29 is 45.5 Å². The molecule has 0 saturated carbocycles. The van der Waals surface area contributed by atoms with Gasteiger partial charge in [-0.3, -0.25) is 19.2 Å². The zero-order chi connectivity index (χ0) is 31.1. The van der Waals surface area contributed by atoms with Crippen molar-refractivity contribution in [3.63, 3.8) is 0 Å². The molecule has 2 atom stereocenters. The van der Waals surface area contributed by atoms with Gasteiger partial charge in [0.15, 0.2) is 0 Å². The molecule has 43 heavy (non-hydrogen) atoms. The number of carbonyl (C=O) groups is 4. The van der Waals surface area contributed by atoms with Crippen molar-refractivity contribution in [3.8, 4) is 11.4 Å². The molecular weight excluding hydrogens is 586 g/mol. The van der Waals surface area contributed by atoms with Crippen molar-refractivity contribution in [3.05, 3.63) is 42.5 Å². The number of nitrogens with one attached hydrogen (secondary N) is 3. The summed E-state index contributed by atoms with van der Waals surface area (Å²) in [6.45, 7) is -0.331. The SMILES string of the molecule is O=C(Nc1ccc(-c2nc3ccc(NC(=O)C4CCCN4C(=O)C(F)(F)F)cc3[nH]2)cc1)C1CCCN1C(=O)C(F)(F)F. The zero-order valence-corrected chi connectivity index (χ0v) is 22.2. The van der Waals surface area contributed by atoms with Crippen LogP contribution in [-0.2, 0) is 19.2 Å². The number of alkyl halides is 6. The fourth-order valence-corrected chi connectivity index (χ4v) is 5.28.